The summed E-state index contributed by atoms with van der Waals surface area (Å²) in [7, 11) is 1.94. The van der Waals surface area contributed by atoms with Gasteiger partial charge in [-0.15, -0.1) is 0 Å². The van der Waals surface area contributed by atoms with E-state index < -0.39 is 0 Å². The van der Waals surface area contributed by atoms with Crippen LogP contribution in [0.4, 0.5) is 11.5 Å². The normalized spacial score (nSPS) is 10.4. The van der Waals surface area contributed by atoms with E-state index in [0.717, 1.165) is 31.6 Å². The molecule has 0 bridgehead atoms. The van der Waals surface area contributed by atoms with Gasteiger partial charge in [0.05, 0.1) is 5.69 Å². The van der Waals surface area contributed by atoms with Crippen LogP contribution in [0.15, 0.2) is 12.1 Å². The predicted molar refractivity (Wildman–Crippen MR) is 67.9 cm³/mol. The van der Waals surface area contributed by atoms with Gasteiger partial charge in [-0.25, -0.2) is 4.98 Å². The van der Waals surface area contributed by atoms with Gasteiger partial charge in [-0.05, 0) is 31.4 Å². The lowest BCUT2D eigenvalue weighted by Gasteiger charge is -2.19. The summed E-state index contributed by atoms with van der Waals surface area (Å²) in [4.78, 5) is 6.17. The van der Waals surface area contributed by atoms with Gasteiger partial charge in [-0.1, -0.05) is 11.6 Å². The molecule has 0 aliphatic heterocycles. The first kappa shape index (κ1) is 13.1. The van der Waals surface area contributed by atoms with Crippen LogP contribution in [-0.2, 0) is 0 Å². The third-order valence-corrected chi connectivity index (χ3v) is 2.60. The van der Waals surface area contributed by atoms with Gasteiger partial charge in [0.2, 0.25) is 0 Å². The molecule has 0 spiro atoms. The summed E-state index contributed by atoms with van der Waals surface area (Å²) in [6.07, 6.45) is 2.85. The van der Waals surface area contributed by atoms with Crippen molar-refractivity contribution >= 4 is 23.1 Å². The van der Waals surface area contributed by atoms with Gasteiger partial charge in [0.15, 0.2) is 5.82 Å². The molecular weight excluding hydrogens is 226 g/mol. The number of halogens is 1. The molecule has 16 heavy (non-hydrogen) atoms. The third kappa shape index (κ3) is 3.87. The molecule has 0 radical (unpaired) electrons. The van der Waals surface area contributed by atoms with Gasteiger partial charge in [0, 0.05) is 20.2 Å². The molecule has 0 aliphatic rings. The lowest BCUT2D eigenvalue weighted by atomic mass is 10.2. The molecule has 1 heterocycles. The summed E-state index contributed by atoms with van der Waals surface area (Å²) in [5.41, 5.74) is 6.45. The van der Waals surface area contributed by atoms with Crippen LogP contribution in [0.3, 0.4) is 0 Å². The van der Waals surface area contributed by atoms with Crippen LogP contribution in [0.25, 0.3) is 0 Å². The van der Waals surface area contributed by atoms with Crippen LogP contribution >= 0.6 is 11.6 Å². The molecule has 0 aromatic carbocycles. The number of nitrogens with two attached hydrogens (primary N) is 1. The number of rotatable bonds is 6. The van der Waals surface area contributed by atoms with Gasteiger partial charge < -0.3 is 15.7 Å². The van der Waals surface area contributed by atoms with Crippen molar-refractivity contribution in [3.8, 4) is 0 Å². The highest BCUT2D eigenvalue weighted by atomic mass is 35.5. The molecule has 0 saturated carbocycles. The molecule has 0 aliphatic carbocycles. The van der Waals surface area contributed by atoms with Gasteiger partial charge in [-0.3, -0.25) is 0 Å². The molecule has 1 aromatic rings. The average molecular weight is 244 g/mol. The van der Waals surface area contributed by atoms with Crippen molar-refractivity contribution in [3.63, 3.8) is 0 Å². The Kier molecular flexibility index (Phi) is 5.35. The first-order valence-electron chi connectivity index (χ1n) is 5.39. The third-order valence-electron chi connectivity index (χ3n) is 2.38. The van der Waals surface area contributed by atoms with E-state index in [1.165, 1.54) is 0 Å². The van der Waals surface area contributed by atoms with Gasteiger partial charge >= 0.3 is 0 Å². The molecule has 3 N–H and O–H groups in total. The zero-order valence-corrected chi connectivity index (χ0v) is 10.2. The topological polar surface area (TPSA) is 62.4 Å². The smallest absolute Gasteiger partial charge is 0.153 e. The lowest BCUT2D eigenvalue weighted by Crippen LogP contribution is -2.21. The van der Waals surface area contributed by atoms with Crippen LogP contribution in [0, 0.1) is 0 Å². The molecule has 0 saturated heterocycles. The summed E-state index contributed by atoms with van der Waals surface area (Å²) in [5, 5.41) is 9.12. The number of nitrogen functional groups attached to an aromatic ring is 1. The van der Waals surface area contributed by atoms with Crippen LogP contribution in [-0.4, -0.2) is 30.3 Å². The second kappa shape index (κ2) is 6.55. The van der Waals surface area contributed by atoms with Gasteiger partial charge in [0.1, 0.15) is 5.15 Å². The Bertz CT molecular complexity index is 333. The first-order chi connectivity index (χ1) is 7.65. The van der Waals surface area contributed by atoms with E-state index >= 15 is 0 Å². The Morgan fingerprint density at radius 2 is 2.12 bits per heavy atom. The van der Waals surface area contributed by atoms with Crippen LogP contribution in [0.5, 0.6) is 0 Å². The van der Waals surface area contributed by atoms with Crippen LogP contribution < -0.4 is 10.6 Å². The Morgan fingerprint density at radius 3 is 2.81 bits per heavy atom. The van der Waals surface area contributed by atoms with Gasteiger partial charge in [0.25, 0.3) is 0 Å². The van der Waals surface area contributed by atoms with E-state index in [1.54, 1.807) is 12.1 Å². The Balaban J connectivity index is 2.51. The van der Waals surface area contributed by atoms with Crippen molar-refractivity contribution in [3.05, 3.63) is 17.3 Å². The Morgan fingerprint density at radius 1 is 1.38 bits per heavy atom. The summed E-state index contributed by atoms with van der Waals surface area (Å²) < 4.78 is 0. The lowest BCUT2D eigenvalue weighted by molar-refractivity contribution is 0.283. The summed E-state index contributed by atoms with van der Waals surface area (Å²) in [5.74, 6) is 0.719. The monoisotopic (exact) mass is 243 g/mol. The van der Waals surface area contributed by atoms with Crippen molar-refractivity contribution < 1.29 is 5.11 Å². The second-order valence-electron chi connectivity index (χ2n) is 3.75. The quantitative estimate of drug-likeness (QED) is 0.592. The number of anilines is 2. The highest BCUT2D eigenvalue weighted by molar-refractivity contribution is 6.29. The highest BCUT2D eigenvalue weighted by Crippen LogP contribution is 2.21. The zero-order chi connectivity index (χ0) is 12.0. The van der Waals surface area contributed by atoms with E-state index in [0.29, 0.717) is 10.8 Å². The number of pyridine rings is 1. The maximum absolute atomic E-state index is 8.67. The summed E-state index contributed by atoms with van der Waals surface area (Å²) in [6, 6.07) is 3.44. The fourth-order valence-electron chi connectivity index (χ4n) is 1.49. The highest BCUT2D eigenvalue weighted by Gasteiger charge is 2.07. The Hall–Kier alpha value is -1.00. The summed E-state index contributed by atoms with van der Waals surface area (Å²) >= 11 is 5.82. The number of unbranched alkanes of at least 4 members (excludes halogenated alkanes) is 2. The molecule has 1 rings (SSSR count). The molecule has 4 nitrogen and oxygen atoms in total. The number of hydrogen-bond acceptors (Lipinski definition) is 4. The van der Waals surface area contributed by atoms with E-state index in [1.807, 2.05) is 11.9 Å². The van der Waals surface area contributed by atoms with Crippen molar-refractivity contribution in [1.82, 2.24) is 4.98 Å². The largest absolute Gasteiger partial charge is 0.396 e. The zero-order valence-electron chi connectivity index (χ0n) is 9.49. The number of aliphatic hydroxyl groups excluding tert-OH is 1. The van der Waals surface area contributed by atoms with E-state index in [2.05, 4.69) is 4.98 Å². The van der Waals surface area contributed by atoms with Gasteiger partial charge in [-0.2, -0.15) is 0 Å². The molecule has 90 valence electrons. The number of aliphatic hydroxyl groups is 1. The fraction of sp³-hybridized carbons (Fsp3) is 0.545. The molecule has 5 heteroatoms. The maximum Gasteiger partial charge on any atom is 0.153 e. The molecule has 1 aromatic heterocycles. The van der Waals surface area contributed by atoms with Crippen LogP contribution in [0.2, 0.25) is 5.15 Å². The van der Waals surface area contributed by atoms with Crippen molar-refractivity contribution in [1.29, 1.82) is 0 Å². The molecule has 0 unspecified atom stereocenters. The minimum atomic E-state index is 0.251. The van der Waals surface area contributed by atoms with Crippen molar-refractivity contribution in [2.24, 2.45) is 0 Å². The molecule has 0 atom stereocenters. The van der Waals surface area contributed by atoms with E-state index in [4.69, 9.17) is 22.4 Å². The molecular formula is C11H18ClN3O. The summed E-state index contributed by atoms with van der Waals surface area (Å²) in [6.45, 7) is 1.11. The minimum absolute atomic E-state index is 0.251. The van der Waals surface area contributed by atoms with Crippen molar-refractivity contribution in [2.75, 3.05) is 30.8 Å². The maximum atomic E-state index is 8.67. The molecule has 0 amide bonds. The second-order valence-corrected chi connectivity index (χ2v) is 4.14. The predicted octanol–water partition coefficient (Wildman–Crippen LogP) is 1.92. The Labute approximate surface area is 101 Å². The molecule has 0 fully saturated rings. The number of aromatic nitrogens is 1. The van der Waals surface area contributed by atoms with E-state index in [-0.39, 0.29) is 6.61 Å². The van der Waals surface area contributed by atoms with Crippen molar-refractivity contribution in [2.45, 2.75) is 19.3 Å². The standard InChI is InChI=1S/C11H18ClN3O/c1-15(7-3-2-4-8-16)11-9(13)5-6-10(12)14-11/h5-6,16H,2-4,7-8,13H2,1H3. The van der Waals surface area contributed by atoms with E-state index in [9.17, 15) is 0 Å². The SMILES string of the molecule is CN(CCCCCO)c1nc(Cl)ccc1N. The number of hydrogen-bond donors (Lipinski definition) is 2. The first-order valence-corrected chi connectivity index (χ1v) is 5.77. The minimum Gasteiger partial charge on any atom is -0.396 e. The van der Waals surface area contributed by atoms with Crippen LogP contribution in [0.1, 0.15) is 19.3 Å². The number of nitrogens with zero attached hydrogens (tertiary/aromatic N) is 2. The average Bonchev–Trinajstić information content (AvgIpc) is 2.27. The fourth-order valence-corrected chi connectivity index (χ4v) is 1.63.